The molecule has 0 saturated carbocycles. The number of benzene rings is 2. The standard InChI is InChI=1S/C20H19N3O2/c24-19(13-7-8-16-17(10-13)22-20(25)21-16)23-9-3-6-15-14-5-2-1-4-12(14)11-18(15)23/h1-2,4-5,7-8,10,15,18H,3,6,9,11H2,(H2,21,22,25)/t15-,18+/m1/s1. The van der Waals surface area contributed by atoms with Crippen molar-refractivity contribution in [3.63, 3.8) is 0 Å². The van der Waals surface area contributed by atoms with Crippen LogP contribution in [0.4, 0.5) is 0 Å². The van der Waals surface area contributed by atoms with E-state index in [2.05, 4.69) is 34.2 Å². The highest BCUT2D eigenvalue weighted by Crippen LogP contribution is 2.42. The molecule has 0 unspecified atom stereocenters. The molecule has 3 aromatic rings. The Bertz CT molecular complexity index is 1030. The number of nitrogens with zero attached hydrogens (tertiary/aromatic N) is 1. The van der Waals surface area contributed by atoms with E-state index < -0.39 is 0 Å². The van der Waals surface area contributed by atoms with E-state index in [4.69, 9.17) is 0 Å². The number of aromatic amines is 2. The molecule has 2 heterocycles. The Morgan fingerprint density at radius 1 is 1.08 bits per heavy atom. The number of carbonyl (C=O) groups excluding carboxylic acids is 1. The number of hydrogen-bond donors (Lipinski definition) is 2. The van der Waals surface area contributed by atoms with Crippen LogP contribution in [0.5, 0.6) is 0 Å². The summed E-state index contributed by atoms with van der Waals surface area (Å²) in [6, 6.07) is 14.2. The first-order valence-electron chi connectivity index (χ1n) is 8.81. The second-order valence-corrected chi connectivity index (χ2v) is 7.06. The zero-order valence-corrected chi connectivity index (χ0v) is 13.8. The molecule has 2 N–H and O–H groups in total. The van der Waals surface area contributed by atoms with Gasteiger partial charge in [-0.3, -0.25) is 4.79 Å². The van der Waals surface area contributed by atoms with Gasteiger partial charge in [0.15, 0.2) is 0 Å². The van der Waals surface area contributed by atoms with Gasteiger partial charge in [0.05, 0.1) is 11.0 Å². The summed E-state index contributed by atoms with van der Waals surface area (Å²) >= 11 is 0. The molecular formula is C20H19N3O2. The molecule has 1 fully saturated rings. The Morgan fingerprint density at radius 2 is 1.92 bits per heavy atom. The van der Waals surface area contributed by atoms with Crippen LogP contribution in [0.25, 0.3) is 11.0 Å². The third-order valence-electron chi connectivity index (χ3n) is 5.69. The summed E-state index contributed by atoms with van der Waals surface area (Å²) in [5.41, 5.74) is 4.59. The zero-order chi connectivity index (χ0) is 17.0. The predicted molar refractivity (Wildman–Crippen MR) is 95.9 cm³/mol. The number of imidazole rings is 1. The minimum absolute atomic E-state index is 0.0615. The van der Waals surface area contributed by atoms with Gasteiger partial charge in [-0.05, 0) is 48.6 Å². The van der Waals surface area contributed by atoms with Crippen molar-refractivity contribution in [3.05, 3.63) is 69.6 Å². The van der Waals surface area contributed by atoms with E-state index in [1.165, 1.54) is 11.1 Å². The molecule has 0 bridgehead atoms. The van der Waals surface area contributed by atoms with Crippen molar-refractivity contribution in [1.29, 1.82) is 0 Å². The Kier molecular flexibility index (Phi) is 3.10. The molecule has 0 spiro atoms. The van der Waals surface area contributed by atoms with E-state index in [-0.39, 0.29) is 17.6 Å². The third-order valence-corrected chi connectivity index (χ3v) is 5.69. The van der Waals surface area contributed by atoms with Crippen LogP contribution >= 0.6 is 0 Å². The first kappa shape index (κ1) is 14.5. The Labute approximate surface area is 144 Å². The molecule has 126 valence electrons. The number of H-pyrrole nitrogens is 2. The number of likely N-dealkylation sites (tertiary alicyclic amines) is 1. The molecule has 2 atom stereocenters. The summed E-state index contributed by atoms with van der Waals surface area (Å²) in [6.45, 7) is 0.801. The lowest BCUT2D eigenvalue weighted by Gasteiger charge is -2.38. The maximum Gasteiger partial charge on any atom is 0.323 e. The maximum absolute atomic E-state index is 13.2. The molecule has 5 rings (SSSR count). The molecule has 1 aromatic heterocycles. The average Bonchev–Trinajstić information content (AvgIpc) is 3.19. The molecule has 1 saturated heterocycles. The van der Waals surface area contributed by atoms with Gasteiger partial charge in [-0.15, -0.1) is 0 Å². The van der Waals surface area contributed by atoms with Crippen LogP contribution in [0, 0.1) is 0 Å². The van der Waals surface area contributed by atoms with Gasteiger partial charge in [-0.2, -0.15) is 0 Å². The summed E-state index contributed by atoms with van der Waals surface area (Å²) in [5, 5.41) is 0. The lowest BCUT2D eigenvalue weighted by molar-refractivity contribution is 0.0595. The van der Waals surface area contributed by atoms with Crippen LogP contribution in [-0.2, 0) is 6.42 Å². The van der Waals surface area contributed by atoms with Crippen molar-refractivity contribution in [3.8, 4) is 0 Å². The topological polar surface area (TPSA) is 69.0 Å². The third kappa shape index (κ3) is 2.22. The number of fused-ring (bicyclic) bond motifs is 4. The highest BCUT2D eigenvalue weighted by molar-refractivity contribution is 5.97. The predicted octanol–water partition coefficient (Wildman–Crippen LogP) is 2.80. The van der Waals surface area contributed by atoms with Crippen molar-refractivity contribution >= 4 is 16.9 Å². The van der Waals surface area contributed by atoms with Crippen LogP contribution in [0.15, 0.2) is 47.3 Å². The normalized spacial score (nSPS) is 22.0. The van der Waals surface area contributed by atoms with E-state index in [0.29, 0.717) is 17.0 Å². The summed E-state index contributed by atoms with van der Waals surface area (Å²) in [6.07, 6.45) is 3.12. The summed E-state index contributed by atoms with van der Waals surface area (Å²) in [4.78, 5) is 32.1. The van der Waals surface area contributed by atoms with Crippen molar-refractivity contribution in [2.75, 3.05) is 6.54 Å². The maximum atomic E-state index is 13.2. The van der Waals surface area contributed by atoms with E-state index in [9.17, 15) is 9.59 Å². The van der Waals surface area contributed by atoms with Crippen LogP contribution in [-0.4, -0.2) is 33.4 Å². The molecule has 2 aliphatic rings. The van der Waals surface area contributed by atoms with Gasteiger partial charge in [0.2, 0.25) is 0 Å². The number of rotatable bonds is 1. The van der Waals surface area contributed by atoms with Crippen molar-refractivity contribution in [2.24, 2.45) is 0 Å². The fraction of sp³-hybridized carbons (Fsp3) is 0.300. The average molecular weight is 333 g/mol. The molecule has 5 nitrogen and oxygen atoms in total. The van der Waals surface area contributed by atoms with Gasteiger partial charge in [0.25, 0.3) is 5.91 Å². The van der Waals surface area contributed by atoms with Crippen LogP contribution in [0.1, 0.15) is 40.2 Å². The first-order chi connectivity index (χ1) is 12.2. The fourth-order valence-corrected chi connectivity index (χ4v) is 4.56. The van der Waals surface area contributed by atoms with Crippen LogP contribution in [0.3, 0.4) is 0 Å². The van der Waals surface area contributed by atoms with Gasteiger partial charge in [0, 0.05) is 24.1 Å². The van der Waals surface area contributed by atoms with Crippen molar-refractivity contribution in [2.45, 2.75) is 31.2 Å². The molecule has 1 aliphatic carbocycles. The number of nitrogens with one attached hydrogen (secondary N) is 2. The van der Waals surface area contributed by atoms with Crippen molar-refractivity contribution < 1.29 is 4.79 Å². The number of carbonyl (C=O) groups is 1. The van der Waals surface area contributed by atoms with E-state index >= 15 is 0 Å². The minimum Gasteiger partial charge on any atom is -0.335 e. The number of piperidine rings is 1. The number of amides is 1. The first-order valence-corrected chi connectivity index (χ1v) is 8.81. The Morgan fingerprint density at radius 3 is 2.84 bits per heavy atom. The molecule has 0 radical (unpaired) electrons. The quantitative estimate of drug-likeness (QED) is 0.719. The van der Waals surface area contributed by atoms with Gasteiger partial charge >= 0.3 is 5.69 Å². The zero-order valence-electron chi connectivity index (χ0n) is 13.8. The van der Waals surface area contributed by atoms with E-state index in [1.807, 2.05) is 4.90 Å². The van der Waals surface area contributed by atoms with E-state index in [0.717, 1.165) is 31.3 Å². The smallest absolute Gasteiger partial charge is 0.323 e. The SMILES string of the molecule is O=C(c1ccc2[nH]c(=O)[nH]c2c1)N1CCC[C@@H]2c3ccccc3C[C@@H]21. The lowest BCUT2D eigenvalue weighted by atomic mass is 9.88. The largest absolute Gasteiger partial charge is 0.335 e. The van der Waals surface area contributed by atoms with Gasteiger partial charge in [-0.25, -0.2) is 4.79 Å². The lowest BCUT2D eigenvalue weighted by Crippen LogP contribution is -2.46. The second kappa shape index (κ2) is 5.34. The van der Waals surface area contributed by atoms with Crippen molar-refractivity contribution in [1.82, 2.24) is 14.9 Å². The number of aromatic nitrogens is 2. The highest BCUT2D eigenvalue weighted by atomic mass is 16.2. The van der Waals surface area contributed by atoms with Gasteiger partial charge in [-0.1, -0.05) is 24.3 Å². The molecular weight excluding hydrogens is 314 g/mol. The Hall–Kier alpha value is -2.82. The number of hydrogen-bond acceptors (Lipinski definition) is 2. The summed E-state index contributed by atoms with van der Waals surface area (Å²) in [7, 11) is 0. The van der Waals surface area contributed by atoms with Crippen LogP contribution < -0.4 is 5.69 Å². The van der Waals surface area contributed by atoms with Crippen LogP contribution in [0.2, 0.25) is 0 Å². The molecule has 5 heteroatoms. The summed E-state index contributed by atoms with van der Waals surface area (Å²) < 4.78 is 0. The Balaban J connectivity index is 1.49. The van der Waals surface area contributed by atoms with Gasteiger partial charge < -0.3 is 14.9 Å². The van der Waals surface area contributed by atoms with Gasteiger partial charge in [0.1, 0.15) is 0 Å². The monoisotopic (exact) mass is 333 g/mol. The molecule has 2 aromatic carbocycles. The fourth-order valence-electron chi connectivity index (χ4n) is 4.56. The van der Waals surface area contributed by atoms with E-state index in [1.54, 1.807) is 18.2 Å². The highest BCUT2D eigenvalue weighted by Gasteiger charge is 2.40. The second-order valence-electron chi connectivity index (χ2n) is 7.06. The molecule has 25 heavy (non-hydrogen) atoms. The molecule has 1 aliphatic heterocycles. The summed E-state index contributed by atoms with van der Waals surface area (Å²) in [5.74, 6) is 0.510. The molecule has 1 amide bonds. The minimum atomic E-state index is -0.246.